The van der Waals surface area contributed by atoms with Crippen molar-refractivity contribution in [1.82, 2.24) is 5.32 Å². The molecule has 0 saturated heterocycles. The smallest absolute Gasteiger partial charge is 0.341 e. The topological polar surface area (TPSA) is 123 Å². The second-order valence-corrected chi connectivity index (χ2v) is 14.4. The summed E-state index contributed by atoms with van der Waals surface area (Å²) in [4.78, 5) is 54.9. The summed E-state index contributed by atoms with van der Waals surface area (Å²) in [6.07, 6.45) is 4.03. The number of esters is 1. The standard InChI is InChI=1S/C42H39N3O6S2/c1-3-51-42(49)38-34-22-19-30(28-11-6-4-7-12-28)24-36(34)53-41(38)45-37(46)26-52-33-16-10-15-31(25-33)43-40(48)35(23-27-17-20-32(50-2)21-18-27)44-39(47)29-13-8-5-9-14-29/h4-18,20-21,23,25,30H,3,19,22,24,26H2,1-2H3,(H,43,48)(H,44,47)(H,45,46)/b35-23+. The van der Waals surface area contributed by atoms with Gasteiger partial charge in [0, 0.05) is 21.0 Å². The summed E-state index contributed by atoms with van der Waals surface area (Å²) in [5.74, 6) is -0.549. The number of carbonyl (C=O) groups excluding carboxylic acids is 4. The number of thiophene rings is 1. The van der Waals surface area contributed by atoms with Crippen LogP contribution in [-0.2, 0) is 27.2 Å². The molecular formula is C42H39N3O6S2. The highest BCUT2D eigenvalue weighted by Gasteiger charge is 2.31. The highest BCUT2D eigenvalue weighted by molar-refractivity contribution is 8.00. The number of amides is 3. The van der Waals surface area contributed by atoms with E-state index in [2.05, 4.69) is 28.1 Å². The zero-order chi connectivity index (χ0) is 37.2. The lowest BCUT2D eigenvalue weighted by Gasteiger charge is -2.23. The first-order chi connectivity index (χ1) is 25.8. The van der Waals surface area contributed by atoms with E-state index in [9.17, 15) is 19.2 Å². The van der Waals surface area contributed by atoms with Gasteiger partial charge in [-0.05, 0) is 97.3 Å². The molecule has 1 atom stereocenters. The first-order valence-electron chi connectivity index (χ1n) is 17.2. The molecule has 4 aromatic carbocycles. The molecule has 1 aliphatic rings. The zero-order valence-corrected chi connectivity index (χ0v) is 31.0. The molecule has 1 unspecified atom stereocenters. The lowest BCUT2D eigenvalue weighted by molar-refractivity contribution is -0.114. The Morgan fingerprint density at radius 3 is 2.34 bits per heavy atom. The second kappa shape index (κ2) is 17.7. The van der Waals surface area contributed by atoms with Crippen LogP contribution in [0.25, 0.3) is 6.08 Å². The Balaban J connectivity index is 1.13. The summed E-state index contributed by atoms with van der Waals surface area (Å²) >= 11 is 2.75. The van der Waals surface area contributed by atoms with Crippen LogP contribution in [0.1, 0.15) is 61.5 Å². The quantitative estimate of drug-likeness (QED) is 0.0629. The van der Waals surface area contributed by atoms with Crippen molar-refractivity contribution in [2.24, 2.45) is 0 Å². The molecule has 270 valence electrons. The SMILES string of the molecule is CCOC(=O)c1c(NC(=O)CSc2cccc(NC(=O)/C(=C\c3ccc(OC)cc3)NC(=O)c3ccccc3)c2)sc2c1CCC(c1ccccc1)C2. The van der Waals surface area contributed by atoms with Gasteiger partial charge in [0.15, 0.2) is 0 Å². The van der Waals surface area contributed by atoms with Gasteiger partial charge < -0.3 is 25.4 Å². The van der Waals surface area contributed by atoms with Crippen molar-refractivity contribution in [3.05, 3.63) is 148 Å². The van der Waals surface area contributed by atoms with E-state index in [0.29, 0.717) is 39.0 Å². The lowest BCUT2D eigenvalue weighted by Crippen LogP contribution is -2.30. The number of anilines is 2. The van der Waals surface area contributed by atoms with E-state index >= 15 is 0 Å². The van der Waals surface area contributed by atoms with Crippen LogP contribution < -0.4 is 20.7 Å². The lowest BCUT2D eigenvalue weighted by atomic mass is 9.83. The molecule has 0 spiro atoms. The summed E-state index contributed by atoms with van der Waals surface area (Å²) in [6.45, 7) is 2.01. The van der Waals surface area contributed by atoms with Gasteiger partial charge in [-0.1, -0.05) is 66.7 Å². The Kier molecular flexibility index (Phi) is 12.4. The third-order valence-electron chi connectivity index (χ3n) is 8.69. The van der Waals surface area contributed by atoms with Crippen LogP contribution >= 0.6 is 23.1 Å². The number of ether oxygens (including phenoxy) is 2. The first-order valence-corrected chi connectivity index (χ1v) is 19.0. The van der Waals surface area contributed by atoms with E-state index in [1.807, 2.05) is 30.3 Å². The minimum atomic E-state index is -0.521. The molecule has 0 saturated carbocycles. The van der Waals surface area contributed by atoms with Crippen LogP contribution in [0.5, 0.6) is 5.75 Å². The van der Waals surface area contributed by atoms with Gasteiger partial charge in [0.2, 0.25) is 5.91 Å². The van der Waals surface area contributed by atoms with E-state index in [1.54, 1.807) is 86.8 Å². The Hall–Kier alpha value is -5.65. The number of carbonyl (C=O) groups is 4. The van der Waals surface area contributed by atoms with Gasteiger partial charge in [-0.15, -0.1) is 23.1 Å². The number of fused-ring (bicyclic) bond motifs is 1. The molecule has 0 fully saturated rings. The van der Waals surface area contributed by atoms with Crippen LogP contribution in [0.3, 0.4) is 0 Å². The van der Waals surface area contributed by atoms with Crippen molar-refractivity contribution in [2.45, 2.75) is 37.0 Å². The predicted molar refractivity (Wildman–Crippen MR) is 211 cm³/mol. The molecule has 3 amide bonds. The molecule has 9 nitrogen and oxygen atoms in total. The number of nitrogens with one attached hydrogen (secondary N) is 3. The first kappa shape index (κ1) is 37.1. The fraction of sp³-hybridized carbons (Fsp3) is 0.190. The minimum Gasteiger partial charge on any atom is -0.497 e. The molecule has 0 aliphatic heterocycles. The zero-order valence-electron chi connectivity index (χ0n) is 29.3. The van der Waals surface area contributed by atoms with Crippen LogP contribution in [-0.4, -0.2) is 43.2 Å². The summed E-state index contributed by atoms with van der Waals surface area (Å²) < 4.78 is 10.6. The van der Waals surface area contributed by atoms with Crippen LogP contribution in [0.15, 0.2) is 120 Å². The van der Waals surface area contributed by atoms with Gasteiger partial charge >= 0.3 is 5.97 Å². The number of rotatable bonds is 13. The van der Waals surface area contributed by atoms with Crippen molar-refractivity contribution in [2.75, 3.05) is 30.1 Å². The molecule has 0 radical (unpaired) electrons. The molecule has 0 bridgehead atoms. The van der Waals surface area contributed by atoms with Crippen molar-refractivity contribution in [3.8, 4) is 5.75 Å². The van der Waals surface area contributed by atoms with E-state index in [4.69, 9.17) is 9.47 Å². The van der Waals surface area contributed by atoms with Crippen LogP contribution in [0, 0.1) is 0 Å². The average molecular weight is 746 g/mol. The molecule has 3 N–H and O–H groups in total. The Bertz CT molecular complexity index is 2110. The average Bonchev–Trinajstić information content (AvgIpc) is 3.55. The van der Waals surface area contributed by atoms with Gasteiger partial charge in [-0.25, -0.2) is 4.79 Å². The number of benzene rings is 4. The summed E-state index contributed by atoms with van der Waals surface area (Å²) in [7, 11) is 1.57. The molecular weight excluding hydrogens is 707 g/mol. The number of thioether (sulfide) groups is 1. The third kappa shape index (κ3) is 9.62. The molecule has 1 heterocycles. The maximum absolute atomic E-state index is 13.6. The number of hydrogen-bond donors (Lipinski definition) is 3. The molecule has 5 aromatic rings. The van der Waals surface area contributed by atoms with Gasteiger partial charge in [0.1, 0.15) is 16.4 Å². The predicted octanol–water partition coefficient (Wildman–Crippen LogP) is 8.35. The summed E-state index contributed by atoms with van der Waals surface area (Å²) in [5.41, 5.74) is 4.32. The Labute approximate surface area is 316 Å². The highest BCUT2D eigenvalue weighted by atomic mass is 32.2. The number of hydrogen-bond acceptors (Lipinski definition) is 8. The van der Waals surface area contributed by atoms with E-state index in [0.717, 1.165) is 34.6 Å². The van der Waals surface area contributed by atoms with Crippen molar-refractivity contribution >= 4 is 63.6 Å². The minimum absolute atomic E-state index is 0.0487. The van der Waals surface area contributed by atoms with E-state index < -0.39 is 17.8 Å². The molecule has 1 aliphatic carbocycles. The van der Waals surface area contributed by atoms with Crippen LogP contribution in [0.4, 0.5) is 10.7 Å². The van der Waals surface area contributed by atoms with Crippen LogP contribution in [0.2, 0.25) is 0 Å². The molecule has 6 rings (SSSR count). The summed E-state index contributed by atoms with van der Waals surface area (Å²) in [6, 6.07) is 33.2. The van der Waals surface area contributed by atoms with Crippen molar-refractivity contribution in [3.63, 3.8) is 0 Å². The fourth-order valence-corrected chi connectivity index (χ4v) is 8.17. The van der Waals surface area contributed by atoms with Gasteiger partial charge in [0.25, 0.3) is 11.8 Å². The maximum atomic E-state index is 13.6. The van der Waals surface area contributed by atoms with Crippen molar-refractivity contribution < 1.29 is 28.7 Å². The van der Waals surface area contributed by atoms with Gasteiger partial charge in [0.05, 0.1) is 25.0 Å². The van der Waals surface area contributed by atoms with Crippen molar-refractivity contribution in [1.29, 1.82) is 0 Å². The van der Waals surface area contributed by atoms with E-state index in [1.165, 1.54) is 28.7 Å². The van der Waals surface area contributed by atoms with Gasteiger partial charge in [-0.2, -0.15) is 0 Å². The summed E-state index contributed by atoms with van der Waals surface area (Å²) in [5, 5.41) is 9.12. The maximum Gasteiger partial charge on any atom is 0.341 e. The molecule has 53 heavy (non-hydrogen) atoms. The largest absolute Gasteiger partial charge is 0.497 e. The third-order valence-corrected chi connectivity index (χ3v) is 10.8. The Morgan fingerprint density at radius 1 is 0.887 bits per heavy atom. The molecule has 1 aromatic heterocycles. The molecule has 11 heteroatoms. The Morgan fingerprint density at radius 2 is 1.62 bits per heavy atom. The normalized spacial score (nSPS) is 13.7. The monoisotopic (exact) mass is 745 g/mol. The number of methoxy groups -OCH3 is 1. The fourth-order valence-electron chi connectivity index (χ4n) is 6.09. The highest BCUT2D eigenvalue weighted by Crippen LogP contribution is 2.43. The van der Waals surface area contributed by atoms with Gasteiger partial charge in [-0.3, -0.25) is 14.4 Å². The van der Waals surface area contributed by atoms with E-state index in [-0.39, 0.29) is 24.0 Å². The second-order valence-electron chi connectivity index (χ2n) is 12.2.